The molecule has 4 N–H and O–H groups in total. The number of nitrogens with two attached hydrogens (primary N) is 2. The van der Waals surface area contributed by atoms with E-state index in [2.05, 4.69) is 13.8 Å². The van der Waals surface area contributed by atoms with Crippen LogP contribution in [-0.2, 0) is 0 Å². The average Bonchev–Trinajstić information content (AvgIpc) is 2.55. The van der Waals surface area contributed by atoms with Gasteiger partial charge >= 0.3 is 0 Å². The van der Waals surface area contributed by atoms with E-state index in [1.807, 2.05) is 0 Å². The van der Waals surface area contributed by atoms with Gasteiger partial charge in [0.15, 0.2) is 0 Å². The second-order valence-electron chi connectivity index (χ2n) is 6.74. The molecule has 0 unspecified atom stereocenters. The second kappa shape index (κ2) is 23.6. The Labute approximate surface area is 147 Å². The summed E-state index contributed by atoms with van der Waals surface area (Å²) in [6.45, 7) is 6.37. The van der Waals surface area contributed by atoms with E-state index in [0.717, 1.165) is 0 Å². The van der Waals surface area contributed by atoms with Crippen LogP contribution in [0.3, 0.4) is 0 Å². The predicted octanol–water partition coefficient (Wildman–Crippen LogP) is 7.03. The van der Waals surface area contributed by atoms with Gasteiger partial charge in [-0.2, -0.15) is 0 Å². The molecule has 0 radical (unpaired) electrons. The Morgan fingerprint density at radius 2 is 0.696 bits per heavy atom. The first-order valence-corrected chi connectivity index (χ1v) is 10.4. The number of rotatable bonds is 15. The number of unbranched alkanes of at least 4 members (excludes halogenated alkanes) is 15. The zero-order valence-electron chi connectivity index (χ0n) is 16.5. The van der Waals surface area contributed by atoms with Gasteiger partial charge in [0.05, 0.1) is 5.82 Å². The fraction of sp³-hybridized carbons (Fsp3) is 0.905. The van der Waals surface area contributed by atoms with E-state index >= 15 is 0 Å². The van der Waals surface area contributed by atoms with Gasteiger partial charge in [-0.15, -0.1) is 0 Å². The molecule has 0 atom stereocenters. The Balaban J connectivity index is 0. The minimum Gasteiger partial charge on any atom is -0.386 e. The van der Waals surface area contributed by atoms with E-state index in [1.54, 1.807) is 13.0 Å². The van der Waals surface area contributed by atoms with Gasteiger partial charge in [0, 0.05) is 0 Å². The lowest BCUT2D eigenvalue weighted by Gasteiger charge is -2.03. The first-order valence-electron chi connectivity index (χ1n) is 10.4. The van der Waals surface area contributed by atoms with Crippen molar-refractivity contribution in [2.45, 2.75) is 124 Å². The maximum absolute atomic E-state index is 4.93. The van der Waals surface area contributed by atoms with Crippen LogP contribution in [0.1, 0.15) is 124 Å². The fourth-order valence-electron chi connectivity index (χ4n) is 2.62. The molecule has 0 aromatic rings. The molecule has 0 saturated heterocycles. The molecular weight excluding hydrogens is 280 g/mol. The third-order valence-corrected chi connectivity index (χ3v) is 4.29. The molecule has 0 aromatic carbocycles. The van der Waals surface area contributed by atoms with Crippen molar-refractivity contribution in [3.05, 3.63) is 11.9 Å². The van der Waals surface area contributed by atoms with Crippen LogP contribution in [0.5, 0.6) is 0 Å². The first-order chi connectivity index (χ1) is 11.2. The van der Waals surface area contributed by atoms with Gasteiger partial charge in [-0.25, -0.2) is 0 Å². The Bertz CT molecular complexity index is 204. The summed E-state index contributed by atoms with van der Waals surface area (Å²) >= 11 is 0. The van der Waals surface area contributed by atoms with E-state index in [-0.39, 0.29) is 0 Å². The van der Waals surface area contributed by atoms with Crippen LogP contribution in [0, 0.1) is 0 Å². The van der Waals surface area contributed by atoms with Gasteiger partial charge in [0.2, 0.25) is 0 Å². The standard InChI is InChI=1S/C18H38.C3H8N2/c1-3-5-7-9-11-13-15-17-18-16-14-12-10-8-6-4-2;1-2-3(4)5/h3-18H2,1-2H3;2H,4-5H2,1H3. The SMILES string of the molecule is CC=C(N)N.CCCCCCCCCCCCCCCCCC. The second-order valence-corrected chi connectivity index (χ2v) is 6.74. The lowest BCUT2D eigenvalue weighted by molar-refractivity contribution is 0.531. The molecule has 0 saturated carbocycles. The molecule has 23 heavy (non-hydrogen) atoms. The van der Waals surface area contributed by atoms with Gasteiger partial charge in [0.1, 0.15) is 0 Å². The normalized spacial score (nSPS) is 10.0. The largest absolute Gasteiger partial charge is 0.386 e. The van der Waals surface area contributed by atoms with Crippen LogP contribution >= 0.6 is 0 Å². The fourth-order valence-corrected chi connectivity index (χ4v) is 2.62. The number of hydrogen-bond donors (Lipinski definition) is 2. The zero-order chi connectivity index (χ0) is 17.6. The molecule has 0 aliphatic heterocycles. The Hall–Kier alpha value is -0.660. The topological polar surface area (TPSA) is 52.0 Å². The quantitative estimate of drug-likeness (QED) is 0.317. The summed E-state index contributed by atoms with van der Waals surface area (Å²) in [5.41, 5.74) is 9.86. The van der Waals surface area contributed by atoms with Gasteiger partial charge in [-0.3, -0.25) is 0 Å². The molecule has 0 aromatic heterocycles. The maximum Gasteiger partial charge on any atom is 0.0889 e. The van der Waals surface area contributed by atoms with Gasteiger partial charge < -0.3 is 11.5 Å². The van der Waals surface area contributed by atoms with Crippen molar-refractivity contribution in [2.24, 2.45) is 11.5 Å². The molecule has 140 valence electrons. The molecule has 0 amide bonds. The first kappa shape index (κ1) is 24.6. The Morgan fingerprint density at radius 1 is 0.522 bits per heavy atom. The predicted molar refractivity (Wildman–Crippen MR) is 107 cm³/mol. The van der Waals surface area contributed by atoms with Crippen LogP contribution in [0.4, 0.5) is 0 Å². The molecule has 2 nitrogen and oxygen atoms in total. The van der Waals surface area contributed by atoms with Crippen molar-refractivity contribution in [1.29, 1.82) is 0 Å². The summed E-state index contributed by atoms with van der Waals surface area (Å²) < 4.78 is 0. The summed E-state index contributed by atoms with van der Waals surface area (Å²) in [5.74, 6) is 0.380. The van der Waals surface area contributed by atoms with E-state index in [4.69, 9.17) is 11.5 Å². The smallest absolute Gasteiger partial charge is 0.0889 e. The Kier molecular flexibility index (Phi) is 25.2. The van der Waals surface area contributed by atoms with Crippen LogP contribution < -0.4 is 11.5 Å². The van der Waals surface area contributed by atoms with Crippen molar-refractivity contribution in [3.8, 4) is 0 Å². The molecule has 0 rings (SSSR count). The molecule has 2 heteroatoms. The number of allylic oxidation sites excluding steroid dienone is 1. The van der Waals surface area contributed by atoms with E-state index < -0.39 is 0 Å². The molecule has 0 bridgehead atoms. The van der Waals surface area contributed by atoms with Crippen molar-refractivity contribution in [3.63, 3.8) is 0 Å². The summed E-state index contributed by atoms with van der Waals surface area (Å²) in [6, 6.07) is 0. The van der Waals surface area contributed by atoms with E-state index in [9.17, 15) is 0 Å². The van der Waals surface area contributed by atoms with E-state index in [1.165, 1.54) is 103 Å². The molecule has 0 fully saturated rings. The van der Waals surface area contributed by atoms with Crippen molar-refractivity contribution in [1.82, 2.24) is 0 Å². The minimum absolute atomic E-state index is 0.380. The van der Waals surface area contributed by atoms with Gasteiger partial charge in [0.25, 0.3) is 0 Å². The maximum atomic E-state index is 4.93. The summed E-state index contributed by atoms with van der Waals surface area (Å²) in [7, 11) is 0. The highest BCUT2D eigenvalue weighted by Gasteiger charge is 1.93. The summed E-state index contributed by atoms with van der Waals surface area (Å²) in [5, 5.41) is 0. The highest BCUT2D eigenvalue weighted by molar-refractivity contribution is 4.84. The molecular formula is C21H46N2. The van der Waals surface area contributed by atoms with Crippen LogP contribution in [0.15, 0.2) is 11.9 Å². The third kappa shape index (κ3) is 29.9. The summed E-state index contributed by atoms with van der Waals surface area (Å²) in [6.07, 6.45) is 25.1. The average molecular weight is 327 g/mol. The lowest BCUT2D eigenvalue weighted by atomic mass is 10.0. The van der Waals surface area contributed by atoms with Crippen LogP contribution in [0.25, 0.3) is 0 Å². The van der Waals surface area contributed by atoms with Crippen LogP contribution in [-0.4, -0.2) is 0 Å². The van der Waals surface area contributed by atoms with Crippen LogP contribution in [0.2, 0.25) is 0 Å². The Morgan fingerprint density at radius 3 is 0.826 bits per heavy atom. The van der Waals surface area contributed by atoms with Crippen molar-refractivity contribution < 1.29 is 0 Å². The van der Waals surface area contributed by atoms with Crippen molar-refractivity contribution in [2.75, 3.05) is 0 Å². The van der Waals surface area contributed by atoms with E-state index in [0.29, 0.717) is 5.82 Å². The van der Waals surface area contributed by atoms with Gasteiger partial charge in [-0.05, 0) is 13.0 Å². The minimum atomic E-state index is 0.380. The van der Waals surface area contributed by atoms with Gasteiger partial charge in [-0.1, -0.05) is 117 Å². The molecule has 0 aliphatic rings. The lowest BCUT2D eigenvalue weighted by Crippen LogP contribution is -2.06. The molecule has 0 heterocycles. The summed E-state index contributed by atoms with van der Waals surface area (Å²) in [4.78, 5) is 0. The number of hydrogen-bond acceptors (Lipinski definition) is 2. The monoisotopic (exact) mass is 326 g/mol. The molecule has 0 spiro atoms. The highest BCUT2D eigenvalue weighted by Crippen LogP contribution is 2.13. The van der Waals surface area contributed by atoms with Crippen molar-refractivity contribution >= 4 is 0 Å². The zero-order valence-corrected chi connectivity index (χ0v) is 16.5. The third-order valence-electron chi connectivity index (χ3n) is 4.29. The molecule has 0 aliphatic carbocycles. The highest BCUT2D eigenvalue weighted by atomic mass is 14.8.